The number of amides is 1. The Balaban J connectivity index is 2.66. The maximum absolute atomic E-state index is 12.9. The summed E-state index contributed by atoms with van der Waals surface area (Å²) in [7, 11) is 0. The van der Waals surface area contributed by atoms with Gasteiger partial charge in [-0.1, -0.05) is 49.6 Å². The molecule has 0 bridgehead atoms. The minimum Gasteiger partial charge on any atom is -0.326 e. The minimum absolute atomic E-state index is 0.0351. The third kappa shape index (κ3) is 2.95. The summed E-state index contributed by atoms with van der Waals surface area (Å²) in [5, 5.41) is 0. The van der Waals surface area contributed by atoms with Crippen molar-refractivity contribution in [3.63, 3.8) is 0 Å². The van der Waals surface area contributed by atoms with Crippen molar-refractivity contribution in [1.29, 1.82) is 0 Å². The highest BCUT2D eigenvalue weighted by Gasteiger charge is 2.27. The highest BCUT2D eigenvalue weighted by molar-refractivity contribution is 6.12. The molecule has 1 atom stereocenters. The van der Waals surface area contributed by atoms with Crippen LogP contribution in [-0.2, 0) is 4.79 Å². The van der Waals surface area contributed by atoms with Crippen LogP contribution in [0, 0.1) is 0 Å². The average molecular weight is 294 g/mol. The van der Waals surface area contributed by atoms with Crippen LogP contribution < -0.4 is 10.6 Å². The summed E-state index contributed by atoms with van der Waals surface area (Å²) in [6.07, 6.45) is 5.39. The van der Waals surface area contributed by atoms with Crippen LogP contribution in [0.15, 0.2) is 66.8 Å². The van der Waals surface area contributed by atoms with Gasteiger partial charge in [0, 0.05) is 23.7 Å². The molecule has 2 N–H and O–H groups in total. The number of hydrogen-bond acceptors (Lipinski definition) is 2. The molecular formula is C19H22N2O. The number of carbonyl (C=O) groups is 1. The Bertz CT molecular complexity index is 680. The first-order chi connectivity index (χ1) is 10.5. The number of nitrogens with two attached hydrogens (primary N) is 1. The summed E-state index contributed by atoms with van der Waals surface area (Å²) in [5.41, 5.74) is 10.1. The van der Waals surface area contributed by atoms with E-state index in [2.05, 4.69) is 13.2 Å². The van der Waals surface area contributed by atoms with E-state index in [1.165, 1.54) is 0 Å². The number of fused-ring (bicyclic) bond motifs is 1. The number of hydrogen-bond donors (Lipinski definition) is 1. The second-order valence-electron chi connectivity index (χ2n) is 5.52. The Morgan fingerprint density at radius 2 is 2.05 bits per heavy atom. The third-order valence-corrected chi connectivity index (χ3v) is 3.68. The Hall–Kier alpha value is -2.39. The molecule has 114 valence electrons. The fourth-order valence-corrected chi connectivity index (χ4v) is 2.62. The molecule has 3 heteroatoms. The van der Waals surface area contributed by atoms with E-state index in [-0.39, 0.29) is 11.9 Å². The molecule has 1 amide bonds. The van der Waals surface area contributed by atoms with Gasteiger partial charge in [-0.2, -0.15) is 0 Å². The van der Waals surface area contributed by atoms with E-state index in [0.29, 0.717) is 12.1 Å². The van der Waals surface area contributed by atoms with E-state index in [1.807, 2.05) is 50.3 Å². The van der Waals surface area contributed by atoms with Gasteiger partial charge in [0.1, 0.15) is 0 Å². The van der Waals surface area contributed by atoms with E-state index in [9.17, 15) is 4.79 Å². The molecule has 3 nitrogen and oxygen atoms in total. The van der Waals surface area contributed by atoms with E-state index in [4.69, 9.17) is 5.73 Å². The normalized spacial score (nSPS) is 16.8. The largest absolute Gasteiger partial charge is 0.326 e. The molecule has 0 aromatic heterocycles. The maximum atomic E-state index is 12.9. The van der Waals surface area contributed by atoms with Crippen LogP contribution in [0.2, 0.25) is 0 Å². The minimum atomic E-state index is -0.108. The fraction of sp³-hybridized carbons (Fsp3) is 0.211. The molecule has 1 unspecified atom stereocenters. The lowest BCUT2D eigenvalue weighted by atomic mass is 9.95. The van der Waals surface area contributed by atoms with Crippen molar-refractivity contribution in [3.05, 3.63) is 72.4 Å². The number of carbonyl (C=O) groups excluding carboxylic acids is 1. The van der Waals surface area contributed by atoms with Crippen molar-refractivity contribution in [1.82, 2.24) is 0 Å². The SMILES string of the molecule is C=C/C=C\C1=C(C)C(=O)N(CC(C)N)c2ccccc2C1=C. The second-order valence-corrected chi connectivity index (χ2v) is 5.52. The first-order valence-corrected chi connectivity index (χ1v) is 7.33. The fourth-order valence-electron chi connectivity index (χ4n) is 2.62. The highest BCUT2D eigenvalue weighted by atomic mass is 16.2. The smallest absolute Gasteiger partial charge is 0.254 e. The number of anilines is 1. The van der Waals surface area contributed by atoms with Gasteiger partial charge in [0.15, 0.2) is 0 Å². The van der Waals surface area contributed by atoms with Gasteiger partial charge in [0.05, 0.1) is 5.69 Å². The van der Waals surface area contributed by atoms with Crippen molar-refractivity contribution in [2.24, 2.45) is 5.73 Å². The first-order valence-electron chi connectivity index (χ1n) is 7.33. The number of para-hydroxylation sites is 1. The van der Waals surface area contributed by atoms with Crippen molar-refractivity contribution in [2.75, 3.05) is 11.4 Å². The van der Waals surface area contributed by atoms with Gasteiger partial charge < -0.3 is 10.6 Å². The lowest BCUT2D eigenvalue weighted by molar-refractivity contribution is -0.115. The Morgan fingerprint density at radius 1 is 1.36 bits per heavy atom. The molecule has 1 aliphatic heterocycles. The molecule has 0 saturated heterocycles. The molecule has 0 radical (unpaired) electrons. The summed E-state index contributed by atoms with van der Waals surface area (Å²) in [5.74, 6) is -0.0351. The van der Waals surface area contributed by atoms with Gasteiger partial charge in [-0.25, -0.2) is 0 Å². The van der Waals surface area contributed by atoms with Gasteiger partial charge in [0.2, 0.25) is 0 Å². The summed E-state index contributed by atoms with van der Waals surface area (Å²) in [6, 6.07) is 7.69. The average Bonchev–Trinajstić information content (AvgIpc) is 2.57. The predicted octanol–water partition coefficient (Wildman–Crippen LogP) is 3.45. The van der Waals surface area contributed by atoms with Gasteiger partial charge in [0.25, 0.3) is 5.91 Å². The van der Waals surface area contributed by atoms with Crippen LogP contribution >= 0.6 is 0 Å². The van der Waals surface area contributed by atoms with Gasteiger partial charge in [-0.15, -0.1) is 0 Å². The zero-order chi connectivity index (χ0) is 16.3. The molecule has 2 rings (SSSR count). The second kappa shape index (κ2) is 6.58. The van der Waals surface area contributed by atoms with Gasteiger partial charge >= 0.3 is 0 Å². The number of rotatable bonds is 4. The molecule has 1 aromatic rings. The van der Waals surface area contributed by atoms with Crippen LogP contribution in [-0.4, -0.2) is 18.5 Å². The van der Waals surface area contributed by atoms with E-state index >= 15 is 0 Å². The van der Waals surface area contributed by atoms with Crippen molar-refractivity contribution >= 4 is 17.2 Å². The molecule has 1 heterocycles. The summed E-state index contributed by atoms with van der Waals surface area (Å²) in [4.78, 5) is 14.6. The van der Waals surface area contributed by atoms with Crippen molar-refractivity contribution in [2.45, 2.75) is 19.9 Å². The summed E-state index contributed by atoms with van der Waals surface area (Å²) < 4.78 is 0. The maximum Gasteiger partial charge on any atom is 0.254 e. The molecule has 0 aliphatic carbocycles. The molecule has 1 aliphatic rings. The molecule has 22 heavy (non-hydrogen) atoms. The lowest BCUT2D eigenvalue weighted by Crippen LogP contribution is -2.40. The summed E-state index contributed by atoms with van der Waals surface area (Å²) in [6.45, 7) is 12.1. The standard InChI is InChI=1S/C19H22N2O/c1-5-6-9-16-14(3)17-10-7-8-11-18(17)21(12-13(2)20)19(22)15(16)4/h5-11,13H,1,3,12,20H2,2,4H3/b9-6-. The van der Waals surface area contributed by atoms with E-state index in [1.54, 1.807) is 11.0 Å². The monoisotopic (exact) mass is 294 g/mol. The predicted molar refractivity (Wildman–Crippen MR) is 93.5 cm³/mol. The number of nitrogens with zero attached hydrogens (tertiary/aromatic N) is 1. The summed E-state index contributed by atoms with van der Waals surface area (Å²) >= 11 is 0. The molecule has 0 saturated carbocycles. The van der Waals surface area contributed by atoms with Gasteiger partial charge in [-0.05, 0) is 31.1 Å². The topological polar surface area (TPSA) is 46.3 Å². The van der Waals surface area contributed by atoms with Crippen molar-refractivity contribution in [3.8, 4) is 0 Å². The Labute approximate surface area is 132 Å². The van der Waals surface area contributed by atoms with E-state index in [0.717, 1.165) is 22.4 Å². The Kier molecular flexibility index (Phi) is 4.78. The molecule has 1 aromatic carbocycles. The molecular weight excluding hydrogens is 272 g/mol. The van der Waals surface area contributed by atoms with Crippen LogP contribution in [0.5, 0.6) is 0 Å². The lowest BCUT2D eigenvalue weighted by Gasteiger charge is -2.25. The van der Waals surface area contributed by atoms with Gasteiger partial charge in [-0.3, -0.25) is 4.79 Å². The van der Waals surface area contributed by atoms with Crippen LogP contribution in [0.1, 0.15) is 19.4 Å². The molecule has 0 fully saturated rings. The molecule has 0 spiro atoms. The zero-order valence-electron chi connectivity index (χ0n) is 13.2. The number of allylic oxidation sites excluding steroid dienone is 5. The van der Waals surface area contributed by atoms with Crippen LogP contribution in [0.3, 0.4) is 0 Å². The zero-order valence-corrected chi connectivity index (χ0v) is 13.2. The van der Waals surface area contributed by atoms with Crippen molar-refractivity contribution < 1.29 is 4.79 Å². The number of benzene rings is 1. The third-order valence-electron chi connectivity index (χ3n) is 3.68. The quantitative estimate of drug-likeness (QED) is 0.865. The first kappa shape index (κ1) is 16.0. The Morgan fingerprint density at radius 3 is 2.68 bits per heavy atom. The van der Waals surface area contributed by atoms with Crippen LogP contribution in [0.4, 0.5) is 5.69 Å². The van der Waals surface area contributed by atoms with Crippen LogP contribution in [0.25, 0.3) is 5.57 Å². The highest BCUT2D eigenvalue weighted by Crippen LogP contribution is 2.36. The van der Waals surface area contributed by atoms with E-state index < -0.39 is 0 Å².